The zero-order chi connectivity index (χ0) is 19.4. The molecule has 0 aliphatic heterocycles. The van der Waals surface area contributed by atoms with Crippen molar-refractivity contribution in [2.24, 2.45) is 0 Å². The van der Waals surface area contributed by atoms with E-state index in [-0.39, 0.29) is 23.8 Å². The molecule has 0 saturated carbocycles. The Balaban J connectivity index is 2.13. The Morgan fingerprint density at radius 2 is 1.85 bits per heavy atom. The number of benzene rings is 1. The lowest BCUT2D eigenvalue weighted by Gasteiger charge is -2.15. The summed E-state index contributed by atoms with van der Waals surface area (Å²) in [5.74, 6) is 0.943. The van der Waals surface area contributed by atoms with Crippen molar-refractivity contribution in [3.63, 3.8) is 0 Å². The van der Waals surface area contributed by atoms with Crippen LogP contribution in [0.3, 0.4) is 0 Å². The van der Waals surface area contributed by atoms with E-state index in [9.17, 15) is 14.9 Å². The van der Waals surface area contributed by atoms with Gasteiger partial charge >= 0.3 is 5.69 Å². The first-order chi connectivity index (χ1) is 12.3. The van der Waals surface area contributed by atoms with Gasteiger partial charge in [-0.05, 0) is 38.5 Å². The Labute approximate surface area is 151 Å². The quantitative estimate of drug-likeness (QED) is 0.598. The van der Waals surface area contributed by atoms with Crippen LogP contribution in [0.15, 0.2) is 18.2 Å². The van der Waals surface area contributed by atoms with Gasteiger partial charge in [-0.15, -0.1) is 0 Å². The van der Waals surface area contributed by atoms with Crippen molar-refractivity contribution in [3.05, 3.63) is 45.3 Å². The average molecular weight is 362 g/mol. The predicted octanol–water partition coefficient (Wildman–Crippen LogP) is 2.30. The molecule has 140 valence electrons. The van der Waals surface area contributed by atoms with Gasteiger partial charge in [0.1, 0.15) is 28.9 Å². The van der Waals surface area contributed by atoms with Crippen molar-refractivity contribution in [1.82, 2.24) is 15.1 Å². The minimum absolute atomic E-state index is 0.0674. The summed E-state index contributed by atoms with van der Waals surface area (Å²) >= 11 is 0. The molecular weight excluding hydrogens is 340 g/mol. The molecule has 0 bridgehead atoms. The summed E-state index contributed by atoms with van der Waals surface area (Å²) in [5, 5.41) is 18.0. The van der Waals surface area contributed by atoms with Crippen LogP contribution in [0.4, 0.5) is 5.69 Å². The van der Waals surface area contributed by atoms with Gasteiger partial charge in [-0.25, -0.2) is 0 Å². The molecule has 0 aliphatic carbocycles. The summed E-state index contributed by atoms with van der Waals surface area (Å²) in [6.45, 7) is 5.03. The first kappa shape index (κ1) is 19.2. The Kier molecular flexibility index (Phi) is 5.81. The first-order valence-electron chi connectivity index (χ1n) is 7.98. The van der Waals surface area contributed by atoms with E-state index in [2.05, 4.69) is 10.4 Å². The molecule has 0 aliphatic rings. The summed E-state index contributed by atoms with van der Waals surface area (Å²) in [5.41, 5.74) is 1.37. The van der Waals surface area contributed by atoms with E-state index in [4.69, 9.17) is 9.47 Å². The second-order valence-corrected chi connectivity index (χ2v) is 5.84. The number of hydrogen-bond acceptors (Lipinski definition) is 6. The molecule has 26 heavy (non-hydrogen) atoms. The number of amides is 1. The molecule has 0 fully saturated rings. The fraction of sp³-hybridized carbons (Fsp3) is 0.412. The van der Waals surface area contributed by atoms with Gasteiger partial charge in [0.15, 0.2) is 0 Å². The topological polar surface area (TPSA) is 109 Å². The number of aromatic nitrogens is 2. The number of ether oxygens (including phenoxy) is 2. The van der Waals surface area contributed by atoms with Crippen LogP contribution in [0, 0.1) is 24.0 Å². The lowest BCUT2D eigenvalue weighted by atomic mass is 10.2. The van der Waals surface area contributed by atoms with Gasteiger partial charge in [0.05, 0.1) is 19.1 Å². The summed E-state index contributed by atoms with van der Waals surface area (Å²) in [6.07, 6.45) is 0. The number of rotatable bonds is 7. The number of nitrogens with zero attached hydrogens (tertiary/aromatic N) is 3. The van der Waals surface area contributed by atoms with E-state index in [0.29, 0.717) is 17.2 Å². The monoisotopic (exact) mass is 362 g/mol. The summed E-state index contributed by atoms with van der Waals surface area (Å²) < 4.78 is 11.8. The van der Waals surface area contributed by atoms with Crippen molar-refractivity contribution in [3.8, 4) is 11.5 Å². The molecule has 0 saturated heterocycles. The number of nitrogens with one attached hydrogen (secondary N) is 1. The van der Waals surface area contributed by atoms with E-state index >= 15 is 0 Å². The highest BCUT2D eigenvalue weighted by Gasteiger charge is 2.26. The zero-order valence-corrected chi connectivity index (χ0v) is 15.4. The molecule has 0 unspecified atom stereocenters. The van der Waals surface area contributed by atoms with E-state index in [0.717, 1.165) is 5.56 Å². The van der Waals surface area contributed by atoms with Gasteiger partial charge in [-0.3, -0.25) is 19.6 Å². The largest absolute Gasteiger partial charge is 0.497 e. The molecule has 0 radical (unpaired) electrons. The molecule has 1 N–H and O–H groups in total. The second-order valence-electron chi connectivity index (χ2n) is 5.84. The van der Waals surface area contributed by atoms with Crippen LogP contribution >= 0.6 is 0 Å². The minimum atomic E-state index is -0.685. The molecule has 2 aromatic rings. The highest BCUT2D eigenvalue weighted by molar-refractivity contribution is 5.80. The summed E-state index contributed by atoms with van der Waals surface area (Å²) in [4.78, 5) is 23.1. The fourth-order valence-electron chi connectivity index (χ4n) is 2.71. The summed E-state index contributed by atoms with van der Waals surface area (Å²) in [7, 11) is 3.10. The van der Waals surface area contributed by atoms with Crippen LogP contribution in [0.1, 0.15) is 29.9 Å². The Bertz CT molecular complexity index is 809. The maximum atomic E-state index is 12.5. The van der Waals surface area contributed by atoms with Crippen LogP contribution < -0.4 is 14.8 Å². The maximum Gasteiger partial charge on any atom is 0.312 e. The molecule has 0 spiro atoms. The van der Waals surface area contributed by atoms with Crippen LogP contribution in [0.5, 0.6) is 11.5 Å². The van der Waals surface area contributed by atoms with E-state index < -0.39 is 11.0 Å². The molecule has 1 aromatic heterocycles. The highest BCUT2D eigenvalue weighted by atomic mass is 16.6. The van der Waals surface area contributed by atoms with Gasteiger partial charge in [0.2, 0.25) is 5.91 Å². The Morgan fingerprint density at radius 3 is 2.31 bits per heavy atom. The van der Waals surface area contributed by atoms with Gasteiger partial charge in [0.25, 0.3) is 0 Å². The van der Waals surface area contributed by atoms with Gasteiger partial charge in [-0.2, -0.15) is 5.10 Å². The number of nitro groups is 1. The van der Waals surface area contributed by atoms with E-state index in [1.807, 2.05) is 0 Å². The van der Waals surface area contributed by atoms with Crippen molar-refractivity contribution in [2.75, 3.05) is 14.2 Å². The average Bonchev–Trinajstić information content (AvgIpc) is 2.92. The molecule has 1 aromatic carbocycles. The summed E-state index contributed by atoms with van der Waals surface area (Å²) in [6, 6.07) is 4.64. The normalized spacial score (nSPS) is 11.7. The number of carbonyl (C=O) groups is 1. The van der Waals surface area contributed by atoms with Crippen molar-refractivity contribution in [1.29, 1.82) is 0 Å². The number of carbonyl (C=O) groups excluding carboxylic acids is 1. The van der Waals surface area contributed by atoms with Crippen LogP contribution in [0.25, 0.3) is 0 Å². The Morgan fingerprint density at radius 1 is 1.27 bits per heavy atom. The number of hydrogen-bond donors (Lipinski definition) is 1. The molecule has 1 heterocycles. The lowest BCUT2D eigenvalue weighted by Crippen LogP contribution is -2.31. The van der Waals surface area contributed by atoms with Crippen LogP contribution in [0.2, 0.25) is 0 Å². The first-order valence-corrected chi connectivity index (χ1v) is 7.98. The van der Waals surface area contributed by atoms with E-state index in [1.165, 1.54) is 4.68 Å². The maximum absolute atomic E-state index is 12.5. The van der Waals surface area contributed by atoms with Crippen molar-refractivity contribution >= 4 is 11.6 Å². The third-order valence-corrected chi connectivity index (χ3v) is 4.09. The second kappa shape index (κ2) is 7.85. The Hall–Kier alpha value is -3.10. The van der Waals surface area contributed by atoms with Crippen LogP contribution in [-0.4, -0.2) is 34.8 Å². The van der Waals surface area contributed by atoms with Crippen molar-refractivity contribution < 1.29 is 19.2 Å². The van der Waals surface area contributed by atoms with Gasteiger partial charge < -0.3 is 14.8 Å². The lowest BCUT2D eigenvalue weighted by molar-refractivity contribution is -0.386. The zero-order valence-electron chi connectivity index (χ0n) is 15.4. The smallest absolute Gasteiger partial charge is 0.312 e. The number of aryl methyl sites for hydroxylation is 1. The highest BCUT2D eigenvalue weighted by Crippen LogP contribution is 2.25. The SMILES string of the molecule is COc1cc(CNC(=O)[C@H](C)n2nc(C)c([N+](=O)[O-])c2C)cc(OC)c1. The standard InChI is InChI=1S/C17H22N4O5/c1-10-16(21(23)24)11(2)20(19-10)12(3)17(22)18-9-13-6-14(25-4)8-15(7-13)26-5/h6-8,12H,9H2,1-5H3,(H,18,22)/t12-/m0/s1. The van der Waals surface area contributed by atoms with Gasteiger partial charge in [0, 0.05) is 12.6 Å². The molecule has 9 heteroatoms. The van der Waals surface area contributed by atoms with Gasteiger partial charge in [-0.1, -0.05) is 0 Å². The number of methoxy groups -OCH3 is 2. The molecular formula is C17H22N4O5. The van der Waals surface area contributed by atoms with E-state index in [1.54, 1.807) is 53.2 Å². The fourth-order valence-corrected chi connectivity index (χ4v) is 2.71. The molecule has 1 amide bonds. The van der Waals surface area contributed by atoms with Crippen molar-refractivity contribution in [2.45, 2.75) is 33.4 Å². The third-order valence-electron chi connectivity index (χ3n) is 4.09. The predicted molar refractivity (Wildman–Crippen MR) is 94.5 cm³/mol. The molecule has 1 atom stereocenters. The third kappa shape index (κ3) is 3.93. The minimum Gasteiger partial charge on any atom is -0.497 e. The molecule has 2 rings (SSSR count). The molecule has 9 nitrogen and oxygen atoms in total. The van der Waals surface area contributed by atoms with Crippen LogP contribution in [-0.2, 0) is 11.3 Å².